The fraction of sp³-hybridized carbons (Fsp3) is 0.0909. The van der Waals surface area contributed by atoms with Crippen LogP contribution in [0.5, 0.6) is 0 Å². The van der Waals surface area contributed by atoms with Gasteiger partial charge < -0.3 is 0 Å². The molecule has 1 aliphatic heterocycles. The highest BCUT2D eigenvalue weighted by Gasteiger charge is 2.31. The third-order valence-electron chi connectivity index (χ3n) is 5.15. The van der Waals surface area contributed by atoms with E-state index in [2.05, 4.69) is 11.2 Å². The van der Waals surface area contributed by atoms with Crippen LogP contribution in [0, 0.1) is 0 Å². The summed E-state index contributed by atoms with van der Waals surface area (Å²) in [4.78, 5) is 1.19. The van der Waals surface area contributed by atoms with Crippen molar-refractivity contribution in [2.45, 2.75) is 17.4 Å². The Morgan fingerprint density at radius 1 is 0.968 bits per heavy atom. The lowest BCUT2D eigenvalue weighted by molar-refractivity contribution is 0.597. The van der Waals surface area contributed by atoms with Gasteiger partial charge in [-0.2, -0.15) is 10.2 Å². The van der Waals surface area contributed by atoms with Gasteiger partial charge in [0.2, 0.25) is 10.0 Å². The summed E-state index contributed by atoms with van der Waals surface area (Å²) in [5, 5.41) is 18.6. The average molecular weight is 450 g/mol. The van der Waals surface area contributed by atoms with Gasteiger partial charge in [-0.25, -0.2) is 18.2 Å². The van der Waals surface area contributed by atoms with Crippen LogP contribution in [0.4, 0.5) is 5.69 Å². The van der Waals surface area contributed by atoms with Gasteiger partial charge in [0.05, 0.1) is 39.1 Å². The van der Waals surface area contributed by atoms with E-state index in [0.717, 1.165) is 33.9 Å². The Morgan fingerprint density at radius 3 is 2.42 bits per heavy atom. The van der Waals surface area contributed by atoms with Gasteiger partial charge in [-0.05, 0) is 47.8 Å². The molecular weight excluding hydrogens is 430 g/mol. The highest BCUT2D eigenvalue weighted by Crippen LogP contribution is 2.37. The smallest absolute Gasteiger partial charge is 0.238 e. The summed E-state index contributed by atoms with van der Waals surface area (Å²) < 4.78 is 25.1. The van der Waals surface area contributed by atoms with Gasteiger partial charge >= 0.3 is 0 Å². The SMILES string of the molecule is NS(=O)(=O)c1ccc(N2N=C(c3cccs3)CC2c2cnn(-c3ccccc3)c2)cc1. The Hall–Kier alpha value is -3.27. The summed E-state index contributed by atoms with van der Waals surface area (Å²) in [6.45, 7) is 0. The number of nitrogens with two attached hydrogens (primary N) is 1. The zero-order valence-electron chi connectivity index (χ0n) is 16.4. The normalized spacial score (nSPS) is 16.5. The number of para-hydroxylation sites is 1. The molecule has 0 amide bonds. The number of primary sulfonamides is 1. The van der Waals surface area contributed by atoms with Crippen molar-refractivity contribution in [3.8, 4) is 5.69 Å². The van der Waals surface area contributed by atoms with Crippen LogP contribution in [-0.4, -0.2) is 23.9 Å². The van der Waals surface area contributed by atoms with E-state index in [0.29, 0.717) is 0 Å². The zero-order valence-corrected chi connectivity index (χ0v) is 18.0. The van der Waals surface area contributed by atoms with Gasteiger partial charge in [-0.3, -0.25) is 5.01 Å². The predicted octanol–water partition coefficient (Wildman–Crippen LogP) is 3.94. The quantitative estimate of drug-likeness (QED) is 0.499. The van der Waals surface area contributed by atoms with Crippen LogP contribution in [-0.2, 0) is 10.0 Å². The first-order valence-corrected chi connectivity index (χ1v) is 12.0. The maximum Gasteiger partial charge on any atom is 0.238 e. The van der Waals surface area contributed by atoms with Gasteiger partial charge in [0.25, 0.3) is 0 Å². The summed E-state index contributed by atoms with van der Waals surface area (Å²) in [7, 11) is -3.75. The largest absolute Gasteiger partial charge is 0.257 e. The first-order valence-electron chi connectivity index (χ1n) is 9.62. The average Bonchev–Trinajstić information content (AvgIpc) is 3.54. The molecule has 3 heterocycles. The fourth-order valence-corrected chi connectivity index (χ4v) is 4.86. The van der Waals surface area contributed by atoms with Gasteiger partial charge in [-0.1, -0.05) is 24.3 Å². The maximum atomic E-state index is 11.6. The topological polar surface area (TPSA) is 93.6 Å². The number of anilines is 1. The number of hydrazone groups is 1. The summed E-state index contributed by atoms with van der Waals surface area (Å²) in [5.41, 5.74) is 3.78. The van der Waals surface area contributed by atoms with E-state index >= 15 is 0 Å². The van der Waals surface area contributed by atoms with Gasteiger partial charge in [0.15, 0.2) is 0 Å². The Bertz CT molecular complexity index is 1330. The van der Waals surface area contributed by atoms with Crippen molar-refractivity contribution in [2.24, 2.45) is 10.2 Å². The molecule has 1 atom stereocenters. The van der Waals surface area contributed by atoms with E-state index in [1.807, 2.05) is 63.9 Å². The minimum absolute atomic E-state index is 0.0603. The number of sulfonamides is 1. The number of nitrogens with zero attached hydrogens (tertiary/aromatic N) is 4. The molecule has 4 aromatic rings. The molecule has 7 nitrogen and oxygen atoms in total. The third-order valence-corrected chi connectivity index (χ3v) is 7.00. The standard InChI is InChI=1S/C22H19N5O2S2/c23-31(28,29)19-10-8-18(9-11-19)27-21(13-20(25-27)22-7-4-12-30-22)16-14-24-26(15-16)17-5-2-1-3-6-17/h1-12,14-15,21H,13H2,(H2,23,28,29). The lowest BCUT2D eigenvalue weighted by atomic mass is 10.0. The van der Waals surface area contributed by atoms with Crippen molar-refractivity contribution in [3.05, 3.63) is 94.9 Å². The predicted molar refractivity (Wildman–Crippen MR) is 122 cm³/mol. The molecule has 1 unspecified atom stereocenters. The van der Waals surface area contributed by atoms with Crippen molar-refractivity contribution >= 4 is 32.8 Å². The number of aromatic nitrogens is 2. The van der Waals surface area contributed by atoms with E-state index < -0.39 is 10.0 Å². The molecule has 2 aromatic carbocycles. The Balaban J connectivity index is 1.52. The van der Waals surface area contributed by atoms with Gasteiger partial charge in [0.1, 0.15) is 0 Å². The molecule has 9 heteroatoms. The maximum absolute atomic E-state index is 11.6. The number of hydrogen-bond acceptors (Lipinski definition) is 6. The molecule has 0 fully saturated rings. The van der Waals surface area contributed by atoms with Crippen LogP contribution < -0.4 is 10.1 Å². The van der Waals surface area contributed by atoms with Crippen LogP contribution in [0.15, 0.2) is 94.5 Å². The van der Waals surface area contributed by atoms with E-state index in [-0.39, 0.29) is 10.9 Å². The minimum Gasteiger partial charge on any atom is -0.257 e. The molecule has 0 radical (unpaired) electrons. The Morgan fingerprint density at radius 2 is 1.74 bits per heavy atom. The number of hydrogen-bond donors (Lipinski definition) is 1. The molecule has 0 bridgehead atoms. The highest BCUT2D eigenvalue weighted by atomic mass is 32.2. The molecule has 156 valence electrons. The number of benzene rings is 2. The zero-order chi connectivity index (χ0) is 21.4. The Kier molecular flexibility index (Phi) is 4.93. The van der Waals surface area contributed by atoms with Gasteiger partial charge in [0, 0.05) is 18.2 Å². The van der Waals surface area contributed by atoms with Crippen LogP contribution in [0.2, 0.25) is 0 Å². The molecule has 2 aromatic heterocycles. The minimum atomic E-state index is -3.75. The van der Waals surface area contributed by atoms with E-state index in [1.54, 1.807) is 23.5 Å². The molecule has 0 spiro atoms. The van der Waals surface area contributed by atoms with Crippen molar-refractivity contribution in [1.29, 1.82) is 0 Å². The summed E-state index contributed by atoms with van der Waals surface area (Å²) in [5.74, 6) is 0. The lowest BCUT2D eigenvalue weighted by Crippen LogP contribution is -2.18. The fourth-order valence-electron chi connectivity index (χ4n) is 3.62. The second-order valence-electron chi connectivity index (χ2n) is 7.18. The third kappa shape index (κ3) is 3.90. The van der Waals surface area contributed by atoms with Crippen molar-refractivity contribution in [3.63, 3.8) is 0 Å². The molecule has 0 saturated heterocycles. The molecule has 0 saturated carbocycles. The Labute approximate surface area is 184 Å². The van der Waals surface area contributed by atoms with Gasteiger partial charge in [-0.15, -0.1) is 11.3 Å². The second kappa shape index (κ2) is 7.77. The van der Waals surface area contributed by atoms with Crippen LogP contribution in [0.25, 0.3) is 5.69 Å². The van der Waals surface area contributed by atoms with Crippen LogP contribution in [0.1, 0.15) is 22.9 Å². The van der Waals surface area contributed by atoms with Crippen LogP contribution in [0.3, 0.4) is 0 Å². The van der Waals surface area contributed by atoms with Crippen molar-refractivity contribution in [2.75, 3.05) is 5.01 Å². The first kappa shape index (κ1) is 19.7. The van der Waals surface area contributed by atoms with E-state index in [4.69, 9.17) is 10.2 Å². The van der Waals surface area contributed by atoms with Crippen LogP contribution >= 0.6 is 11.3 Å². The number of rotatable bonds is 5. The monoisotopic (exact) mass is 449 g/mol. The molecule has 31 heavy (non-hydrogen) atoms. The second-order valence-corrected chi connectivity index (χ2v) is 9.69. The van der Waals surface area contributed by atoms with Crippen molar-refractivity contribution in [1.82, 2.24) is 9.78 Å². The molecule has 1 aliphatic rings. The molecule has 2 N–H and O–H groups in total. The number of thiophene rings is 1. The highest BCUT2D eigenvalue weighted by molar-refractivity contribution is 7.89. The molecule has 5 rings (SSSR count). The van der Waals surface area contributed by atoms with Crippen molar-refractivity contribution < 1.29 is 8.42 Å². The first-order chi connectivity index (χ1) is 15.0. The summed E-state index contributed by atoms with van der Waals surface area (Å²) >= 11 is 1.65. The van der Waals surface area contributed by atoms with E-state index in [1.165, 1.54) is 12.1 Å². The summed E-state index contributed by atoms with van der Waals surface area (Å²) in [6.07, 6.45) is 4.59. The molecular formula is C22H19N5O2S2. The van der Waals surface area contributed by atoms with E-state index in [9.17, 15) is 8.42 Å². The lowest BCUT2D eigenvalue weighted by Gasteiger charge is -2.22. The summed E-state index contributed by atoms with van der Waals surface area (Å²) in [6, 6.07) is 20.4. The molecule has 0 aliphatic carbocycles.